The number of nitrogens with one attached hydrogen (secondary N) is 3. The third-order valence-electron chi connectivity index (χ3n) is 7.57. The fraction of sp³-hybridized carbons (Fsp3) is 0.467. The quantitative estimate of drug-likeness (QED) is 0.214. The van der Waals surface area contributed by atoms with Crippen molar-refractivity contribution in [2.24, 2.45) is 0 Å². The van der Waals surface area contributed by atoms with Crippen LogP contribution in [0.25, 0.3) is 22.8 Å². The van der Waals surface area contributed by atoms with Gasteiger partial charge < -0.3 is 35.3 Å². The molecule has 0 saturated carbocycles. The molecule has 0 unspecified atom stereocenters. The van der Waals surface area contributed by atoms with Gasteiger partial charge in [0.2, 0.25) is 0 Å². The first kappa shape index (κ1) is 32.4. The average molecular weight is 611 g/mol. The largest absolute Gasteiger partial charge is 0.505 e. The Bertz CT molecular complexity index is 1400. The van der Waals surface area contributed by atoms with Gasteiger partial charge in [0.25, 0.3) is 0 Å². The Morgan fingerprint density at radius 1 is 0.721 bits per heavy atom. The highest BCUT2D eigenvalue weighted by atomic mass is 35.5. The van der Waals surface area contributed by atoms with Crippen LogP contribution in [-0.2, 0) is 12.4 Å². The van der Waals surface area contributed by atoms with Crippen LogP contribution in [0, 0.1) is 13.8 Å². The standard InChI is InChI=1S/C15H21N5O.C10H10ClN3O.C5H12N2/c1-11-14(21)13(15-16-3-4-17-15)12(9-18-11)10-20-7-5-19(2)6-8-20;1-6-9(15)8(7(4-11)5-14-6)10-12-2-3-13-10;1-7-4-2-6-3-5-7/h3-4,9,21H,5-8,10H2,1-2H3,(H,16,17);2-3,5,15H,4H2,1H3,(H,12,13);6H,2-5H2,1H3. The Kier molecular flexibility index (Phi) is 11.9. The number of pyridine rings is 2. The molecule has 43 heavy (non-hydrogen) atoms. The van der Waals surface area contributed by atoms with Gasteiger partial charge >= 0.3 is 0 Å². The van der Waals surface area contributed by atoms with Gasteiger partial charge in [-0.05, 0) is 39.1 Å². The van der Waals surface area contributed by atoms with Gasteiger partial charge in [0.05, 0.1) is 22.5 Å². The Morgan fingerprint density at radius 3 is 1.65 bits per heavy atom. The Balaban J connectivity index is 0.000000167. The summed E-state index contributed by atoms with van der Waals surface area (Å²) in [5, 5.41) is 23.5. The zero-order valence-electron chi connectivity index (χ0n) is 25.4. The van der Waals surface area contributed by atoms with Crippen molar-refractivity contribution in [3.05, 3.63) is 59.7 Å². The number of halogens is 1. The number of rotatable bonds is 5. The lowest BCUT2D eigenvalue weighted by Crippen LogP contribution is -2.43. The predicted molar refractivity (Wildman–Crippen MR) is 169 cm³/mol. The normalized spacial score (nSPS) is 16.2. The Hall–Kier alpha value is -3.55. The predicted octanol–water partition coefficient (Wildman–Crippen LogP) is 2.98. The zero-order valence-corrected chi connectivity index (χ0v) is 26.2. The molecule has 4 aromatic rings. The van der Waals surface area contributed by atoms with Gasteiger partial charge in [0.1, 0.15) is 23.1 Å². The van der Waals surface area contributed by atoms with E-state index in [1.54, 1.807) is 44.8 Å². The van der Waals surface area contributed by atoms with E-state index in [1.807, 2.05) is 6.20 Å². The molecule has 2 aliphatic heterocycles. The molecule has 5 N–H and O–H groups in total. The lowest BCUT2D eigenvalue weighted by atomic mass is 10.1. The Labute approximate surface area is 258 Å². The summed E-state index contributed by atoms with van der Waals surface area (Å²) in [4.78, 5) is 29.8. The maximum atomic E-state index is 10.4. The van der Waals surface area contributed by atoms with E-state index in [0.29, 0.717) is 28.6 Å². The third-order valence-corrected chi connectivity index (χ3v) is 7.86. The van der Waals surface area contributed by atoms with E-state index in [4.69, 9.17) is 11.6 Å². The van der Waals surface area contributed by atoms with Gasteiger partial charge in [-0.3, -0.25) is 14.9 Å². The molecule has 0 amide bonds. The molecule has 2 aliphatic rings. The highest BCUT2D eigenvalue weighted by Gasteiger charge is 2.20. The molecule has 2 fully saturated rings. The third kappa shape index (κ3) is 8.74. The number of alkyl halides is 1. The van der Waals surface area contributed by atoms with E-state index in [-0.39, 0.29) is 17.4 Å². The lowest BCUT2D eigenvalue weighted by Gasteiger charge is -2.32. The number of piperazine rings is 2. The molecule has 2 saturated heterocycles. The molecule has 6 rings (SSSR count). The second kappa shape index (κ2) is 15.8. The Morgan fingerprint density at radius 2 is 1.21 bits per heavy atom. The fourth-order valence-electron chi connectivity index (χ4n) is 4.84. The molecule has 0 bridgehead atoms. The monoisotopic (exact) mass is 610 g/mol. The number of hydrogen-bond donors (Lipinski definition) is 5. The highest BCUT2D eigenvalue weighted by molar-refractivity contribution is 6.17. The SMILES string of the molecule is CN1CCNCC1.Cc1ncc(CCl)c(-c2ncc[nH]2)c1O.Cc1ncc(CN2CCN(C)CC2)c(-c2ncc[nH]2)c1O. The van der Waals surface area contributed by atoms with Crippen molar-refractivity contribution in [2.75, 3.05) is 66.5 Å². The highest BCUT2D eigenvalue weighted by Crippen LogP contribution is 2.33. The van der Waals surface area contributed by atoms with Crippen LogP contribution in [0.4, 0.5) is 0 Å². The van der Waals surface area contributed by atoms with E-state index >= 15 is 0 Å². The van der Waals surface area contributed by atoms with Crippen molar-refractivity contribution in [1.82, 2.24) is 49.9 Å². The van der Waals surface area contributed by atoms with Crippen LogP contribution >= 0.6 is 11.6 Å². The van der Waals surface area contributed by atoms with Gasteiger partial charge in [0, 0.05) is 102 Å². The topological polar surface area (TPSA) is 145 Å². The fourth-order valence-corrected chi connectivity index (χ4v) is 5.05. The molecule has 0 radical (unpaired) electrons. The molecule has 4 aromatic heterocycles. The first-order chi connectivity index (χ1) is 20.8. The van der Waals surface area contributed by atoms with E-state index in [2.05, 4.69) is 64.0 Å². The summed E-state index contributed by atoms with van der Waals surface area (Å²) in [6, 6.07) is 0. The minimum Gasteiger partial charge on any atom is -0.505 e. The van der Waals surface area contributed by atoms with Crippen LogP contribution in [0.3, 0.4) is 0 Å². The van der Waals surface area contributed by atoms with E-state index in [9.17, 15) is 10.2 Å². The van der Waals surface area contributed by atoms with Crippen molar-refractivity contribution in [3.8, 4) is 34.3 Å². The molecule has 0 aromatic carbocycles. The molecule has 0 aliphatic carbocycles. The van der Waals surface area contributed by atoms with Gasteiger partial charge in [-0.2, -0.15) is 0 Å². The maximum absolute atomic E-state index is 10.4. The minimum atomic E-state index is 0.128. The maximum Gasteiger partial charge on any atom is 0.148 e. The van der Waals surface area contributed by atoms with Gasteiger partial charge in [-0.1, -0.05) is 0 Å². The number of aromatic amines is 2. The lowest BCUT2D eigenvalue weighted by molar-refractivity contribution is 0.148. The van der Waals surface area contributed by atoms with E-state index < -0.39 is 0 Å². The molecule has 232 valence electrons. The summed E-state index contributed by atoms with van der Waals surface area (Å²) in [5.41, 5.74) is 4.36. The van der Waals surface area contributed by atoms with Crippen molar-refractivity contribution in [3.63, 3.8) is 0 Å². The van der Waals surface area contributed by atoms with Crippen molar-refractivity contribution >= 4 is 11.6 Å². The molecule has 6 heterocycles. The van der Waals surface area contributed by atoms with Crippen LogP contribution < -0.4 is 5.32 Å². The van der Waals surface area contributed by atoms with Crippen LogP contribution in [0.1, 0.15) is 22.5 Å². The van der Waals surface area contributed by atoms with Gasteiger partial charge in [0.15, 0.2) is 0 Å². The summed E-state index contributed by atoms with van der Waals surface area (Å²) in [6.45, 7) is 13.3. The summed E-state index contributed by atoms with van der Waals surface area (Å²) < 4.78 is 0. The first-order valence-electron chi connectivity index (χ1n) is 14.5. The summed E-state index contributed by atoms with van der Waals surface area (Å²) >= 11 is 5.78. The first-order valence-corrected chi connectivity index (χ1v) is 15.0. The van der Waals surface area contributed by atoms with Gasteiger partial charge in [-0.15, -0.1) is 11.6 Å². The summed E-state index contributed by atoms with van der Waals surface area (Å²) in [6.07, 6.45) is 10.3. The molecule has 0 spiro atoms. The van der Waals surface area contributed by atoms with Crippen LogP contribution in [-0.4, -0.2) is 121 Å². The molecule has 12 nitrogen and oxygen atoms in total. The number of aryl methyl sites for hydroxylation is 2. The molecule has 0 atom stereocenters. The average Bonchev–Trinajstić information content (AvgIpc) is 3.74. The van der Waals surface area contributed by atoms with E-state index in [0.717, 1.165) is 62.5 Å². The number of nitrogens with zero attached hydrogens (tertiary/aromatic N) is 7. The van der Waals surface area contributed by atoms with Crippen molar-refractivity contribution in [2.45, 2.75) is 26.3 Å². The van der Waals surface area contributed by atoms with Crippen molar-refractivity contribution < 1.29 is 10.2 Å². The number of aromatic hydroxyl groups is 2. The number of aromatic nitrogens is 6. The number of hydrogen-bond acceptors (Lipinski definition) is 10. The summed E-state index contributed by atoms with van der Waals surface area (Å²) in [7, 11) is 4.30. The van der Waals surface area contributed by atoms with Gasteiger partial charge in [-0.25, -0.2) is 9.97 Å². The zero-order chi connectivity index (χ0) is 30.8. The molecule has 13 heteroatoms. The number of imidazole rings is 2. The second-order valence-electron chi connectivity index (χ2n) is 10.8. The summed E-state index contributed by atoms with van der Waals surface area (Å²) in [5.74, 6) is 1.94. The van der Waals surface area contributed by atoms with Crippen molar-refractivity contribution in [1.29, 1.82) is 0 Å². The minimum absolute atomic E-state index is 0.128. The van der Waals surface area contributed by atoms with E-state index in [1.165, 1.54) is 13.1 Å². The molecular weight excluding hydrogens is 568 g/mol. The smallest absolute Gasteiger partial charge is 0.148 e. The second-order valence-corrected chi connectivity index (χ2v) is 11.1. The van der Waals surface area contributed by atoms with Crippen LogP contribution in [0.2, 0.25) is 0 Å². The number of likely N-dealkylation sites (N-methyl/N-ethyl adjacent to an activating group) is 2. The molecular formula is C30H43ClN10O2. The van der Waals surface area contributed by atoms with Crippen LogP contribution in [0.15, 0.2) is 37.2 Å². The van der Waals surface area contributed by atoms with Crippen LogP contribution in [0.5, 0.6) is 11.5 Å². The number of H-pyrrole nitrogens is 2.